The molecule has 0 atom stereocenters. The summed E-state index contributed by atoms with van der Waals surface area (Å²) in [7, 11) is 0. The zero-order chi connectivity index (χ0) is 10.7. The third kappa shape index (κ3) is 2.27. The summed E-state index contributed by atoms with van der Waals surface area (Å²) in [6, 6.07) is 5.97. The number of halogens is 1. The summed E-state index contributed by atoms with van der Waals surface area (Å²) in [5.41, 5.74) is -0.299. The van der Waals surface area contributed by atoms with E-state index in [1.165, 1.54) is 12.1 Å². The standard InChI is InChI=1S/C11H13FO3/c12-9-2-1-3-10(4-9)15-8-11(5-13)6-14-7-11/h1-4,13H,5-8H2. The lowest BCUT2D eigenvalue weighted by molar-refractivity contribution is -0.153. The monoisotopic (exact) mass is 212 g/mol. The van der Waals surface area contributed by atoms with Crippen molar-refractivity contribution in [1.29, 1.82) is 0 Å². The average Bonchev–Trinajstić information content (AvgIpc) is 2.17. The molecule has 1 fully saturated rings. The first-order chi connectivity index (χ1) is 7.24. The minimum absolute atomic E-state index is 0.0301. The molecule has 0 bridgehead atoms. The Kier molecular flexibility index (Phi) is 2.88. The lowest BCUT2D eigenvalue weighted by Gasteiger charge is -2.39. The van der Waals surface area contributed by atoms with E-state index in [1.54, 1.807) is 12.1 Å². The lowest BCUT2D eigenvalue weighted by Crippen LogP contribution is -2.49. The van der Waals surface area contributed by atoms with E-state index in [0.29, 0.717) is 25.6 Å². The molecule has 0 unspecified atom stereocenters. The van der Waals surface area contributed by atoms with E-state index in [9.17, 15) is 4.39 Å². The number of rotatable bonds is 4. The van der Waals surface area contributed by atoms with Gasteiger partial charge in [-0.3, -0.25) is 0 Å². The Morgan fingerprint density at radius 3 is 2.80 bits per heavy atom. The molecule has 0 saturated carbocycles. The smallest absolute Gasteiger partial charge is 0.126 e. The summed E-state index contributed by atoms with van der Waals surface area (Å²) in [4.78, 5) is 0. The van der Waals surface area contributed by atoms with Crippen LogP contribution in [0.4, 0.5) is 4.39 Å². The Bertz CT molecular complexity index is 331. The molecule has 0 spiro atoms. The van der Waals surface area contributed by atoms with Gasteiger partial charge in [-0.1, -0.05) is 6.07 Å². The fourth-order valence-corrected chi connectivity index (χ4v) is 1.40. The van der Waals surface area contributed by atoms with Crippen molar-refractivity contribution in [1.82, 2.24) is 0 Å². The fourth-order valence-electron chi connectivity index (χ4n) is 1.40. The van der Waals surface area contributed by atoms with Gasteiger partial charge in [-0.15, -0.1) is 0 Å². The predicted octanol–water partition coefficient (Wildman–Crippen LogP) is 1.21. The quantitative estimate of drug-likeness (QED) is 0.815. The Morgan fingerprint density at radius 1 is 1.47 bits per heavy atom. The van der Waals surface area contributed by atoms with E-state index < -0.39 is 0 Å². The molecule has 0 radical (unpaired) electrons. The maximum atomic E-state index is 12.8. The van der Waals surface area contributed by atoms with Crippen LogP contribution in [-0.2, 0) is 4.74 Å². The summed E-state index contributed by atoms with van der Waals surface area (Å²) in [6.45, 7) is 1.38. The zero-order valence-electron chi connectivity index (χ0n) is 8.28. The van der Waals surface area contributed by atoms with E-state index in [-0.39, 0.29) is 17.8 Å². The highest BCUT2D eigenvalue weighted by molar-refractivity contribution is 5.22. The topological polar surface area (TPSA) is 38.7 Å². The molecule has 2 rings (SSSR count). The van der Waals surface area contributed by atoms with Crippen LogP contribution in [0, 0.1) is 11.2 Å². The van der Waals surface area contributed by atoms with E-state index in [2.05, 4.69) is 0 Å². The summed E-state index contributed by atoms with van der Waals surface area (Å²) in [5, 5.41) is 9.14. The minimum atomic E-state index is -0.324. The number of hydrogen-bond acceptors (Lipinski definition) is 3. The second kappa shape index (κ2) is 4.16. The lowest BCUT2D eigenvalue weighted by atomic mass is 9.88. The molecule has 1 heterocycles. The van der Waals surface area contributed by atoms with E-state index >= 15 is 0 Å². The SMILES string of the molecule is OCC1(COc2cccc(F)c2)COC1. The third-order valence-electron chi connectivity index (χ3n) is 2.49. The molecule has 82 valence electrons. The number of benzene rings is 1. The van der Waals surface area contributed by atoms with Crippen LogP contribution in [0.2, 0.25) is 0 Å². The predicted molar refractivity (Wildman–Crippen MR) is 52.2 cm³/mol. The van der Waals surface area contributed by atoms with Crippen molar-refractivity contribution in [2.75, 3.05) is 26.4 Å². The normalized spacial score (nSPS) is 18.3. The molecule has 1 aliphatic rings. The van der Waals surface area contributed by atoms with Crippen LogP contribution in [-0.4, -0.2) is 31.5 Å². The number of ether oxygens (including phenoxy) is 2. The summed E-state index contributed by atoms with van der Waals surface area (Å²) in [6.07, 6.45) is 0. The van der Waals surface area contributed by atoms with E-state index in [4.69, 9.17) is 14.6 Å². The van der Waals surface area contributed by atoms with Crippen LogP contribution in [0.5, 0.6) is 5.75 Å². The largest absolute Gasteiger partial charge is 0.493 e. The molecular formula is C11H13FO3. The van der Waals surface area contributed by atoms with Crippen LogP contribution < -0.4 is 4.74 Å². The Labute approximate surface area is 87.4 Å². The first-order valence-electron chi connectivity index (χ1n) is 4.81. The molecule has 1 aromatic carbocycles. The highest BCUT2D eigenvalue weighted by Gasteiger charge is 2.39. The maximum absolute atomic E-state index is 12.8. The van der Waals surface area contributed by atoms with Gasteiger partial charge >= 0.3 is 0 Å². The van der Waals surface area contributed by atoms with Gasteiger partial charge in [0, 0.05) is 6.07 Å². The molecule has 1 N–H and O–H groups in total. The van der Waals surface area contributed by atoms with Gasteiger partial charge in [-0.05, 0) is 12.1 Å². The average molecular weight is 212 g/mol. The third-order valence-corrected chi connectivity index (χ3v) is 2.49. The second-order valence-corrected chi connectivity index (χ2v) is 3.90. The number of hydrogen-bond donors (Lipinski definition) is 1. The summed E-state index contributed by atoms with van der Waals surface area (Å²) < 4.78 is 23.2. The molecule has 1 aliphatic heterocycles. The van der Waals surface area contributed by atoms with Gasteiger partial charge in [0.05, 0.1) is 25.2 Å². The number of aliphatic hydroxyl groups is 1. The van der Waals surface area contributed by atoms with Crippen LogP contribution in [0.1, 0.15) is 0 Å². The summed E-state index contributed by atoms with van der Waals surface area (Å²) in [5.74, 6) is 0.158. The first kappa shape index (κ1) is 10.4. The first-order valence-corrected chi connectivity index (χ1v) is 4.81. The minimum Gasteiger partial charge on any atom is -0.493 e. The molecular weight excluding hydrogens is 199 g/mol. The van der Waals surface area contributed by atoms with Crippen molar-refractivity contribution in [3.05, 3.63) is 30.1 Å². The van der Waals surface area contributed by atoms with Crippen LogP contribution in [0.3, 0.4) is 0 Å². The zero-order valence-corrected chi connectivity index (χ0v) is 8.28. The highest BCUT2D eigenvalue weighted by atomic mass is 19.1. The second-order valence-electron chi connectivity index (χ2n) is 3.90. The van der Waals surface area contributed by atoms with Crippen molar-refractivity contribution in [2.24, 2.45) is 5.41 Å². The van der Waals surface area contributed by atoms with Gasteiger partial charge < -0.3 is 14.6 Å². The number of aliphatic hydroxyl groups excluding tert-OH is 1. The summed E-state index contributed by atoms with van der Waals surface area (Å²) >= 11 is 0. The van der Waals surface area contributed by atoms with Gasteiger partial charge in [-0.2, -0.15) is 0 Å². The molecule has 3 nitrogen and oxygen atoms in total. The molecule has 4 heteroatoms. The van der Waals surface area contributed by atoms with Crippen molar-refractivity contribution in [2.45, 2.75) is 0 Å². The molecule has 1 saturated heterocycles. The van der Waals surface area contributed by atoms with Gasteiger partial charge in [0.15, 0.2) is 0 Å². The van der Waals surface area contributed by atoms with Gasteiger partial charge in [0.2, 0.25) is 0 Å². The van der Waals surface area contributed by atoms with Gasteiger partial charge in [0.1, 0.15) is 18.2 Å². The van der Waals surface area contributed by atoms with E-state index in [0.717, 1.165) is 0 Å². The van der Waals surface area contributed by atoms with Gasteiger partial charge in [-0.25, -0.2) is 4.39 Å². The maximum Gasteiger partial charge on any atom is 0.126 e. The molecule has 0 aliphatic carbocycles. The molecule has 0 amide bonds. The van der Waals surface area contributed by atoms with Crippen LogP contribution in [0.25, 0.3) is 0 Å². The van der Waals surface area contributed by atoms with Crippen LogP contribution in [0.15, 0.2) is 24.3 Å². The Balaban J connectivity index is 1.92. The molecule has 15 heavy (non-hydrogen) atoms. The van der Waals surface area contributed by atoms with E-state index in [1.807, 2.05) is 0 Å². The van der Waals surface area contributed by atoms with Crippen molar-refractivity contribution < 1.29 is 19.0 Å². The highest BCUT2D eigenvalue weighted by Crippen LogP contribution is 2.27. The van der Waals surface area contributed by atoms with Crippen molar-refractivity contribution >= 4 is 0 Å². The van der Waals surface area contributed by atoms with Crippen molar-refractivity contribution in [3.8, 4) is 5.75 Å². The Morgan fingerprint density at radius 2 is 2.27 bits per heavy atom. The molecule has 1 aromatic rings. The van der Waals surface area contributed by atoms with Crippen molar-refractivity contribution in [3.63, 3.8) is 0 Å². The Hall–Kier alpha value is -1.13. The fraction of sp³-hybridized carbons (Fsp3) is 0.455. The van der Waals surface area contributed by atoms with Gasteiger partial charge in [0.25, 0.3) is 0 Å². The van der Waals surface area contributed by atoms with Crippen LogP contribution >= 0.6 is 0 Å². The molecule has 0 aromatic heterocycles.